The van der Waals surface area contributed by atoms with Gasteiger partial charge in [-0.25, -0.2) is 5.32 Å². The van der Waals surface area contributed by atoms with E-state index in [1.54, 1.807) is 0 Å². The number of hydrogen-bond acceptors (Lipinski definition) is 1. The third kappa shape index (κ3) is 3.49. The number of rotatable bonds is 3. The number of hydrogen-bond donors (Lipinski definition) is 0. The summed E-state index contributed by atoms with van der Waals surface area (Å²) in [4.78, 5) is 0. The molecule has 2 rings (SSSR count). The maximum absolute atomic E-state index is 5.90. The van der Waals surface area contributed by atoms with E-state index >= 15 is 0 Å². The Labute approximate surface area is 95.6 Å². The number of piperidine rings is 1. The maximum atomic E-state index is 5.90. The maximum Gasteiger partial charge on any atom is 0.0721 e. The van der Waals surface area contributed by atoms with Gasteiger partial charge in [0.1, 0.15) is 0 Å². The smallest absolute Gasteiger partial charge is 0.0721 e. The minimum Gasteiger partial charge on any atom is -0.373 e. The van der Waals surface area contributed by atoms with Crippen molar-refractivity contribution in [2.24, 2.45) is 0 Å². The molecule has 1 fully saturated rings. The zero-order chi connectivity index (χ0) is 10.5. The summed E-state index contributed by atoms with van der Waals surface area (Å²) in [6.07, 6.45) is 2.49. The molecule has 0 aliphatic carbocycles. The number of nitrogens with zero attached hydrogens (tertiary/aromatic N) is 1. The summed E-state index contributed by atoms with van der Waals surface area (Å²) in [7, 11) is 0. The van der Waals surface area contributed by atoms with E-state index in [0.717, 1.165) is 36.5 Å². The first-order valence-corrected chi connectivity index (χ1v) is 5.72. The topological polar surface area (TPSA) is 23.3 Å². The van der Waals surface area contributed by atoms with Gasteiger partial charge >= 0.3 is 0 Å². The van der Waals surface area contributed by atoms with E-state index in [2.05, 4.69) is 5.32 Å². The Balaban J connectivity index is 1.81. The fourth-order valence-corrected chi connectivity index (χ4v) is 1.95. The third-order valence-electron chi connectivity index (χ3n) is 2.59. The largest absolute Gasteiger partial charge is 0.373 e. The molecule has 0 N–H and O–H groups in total. The van der Waals surface area contributed by atoms with E-state index < -0.39 is 0 Å². The normalized spacial score (nSPS) is 17.9. The van der Waals surface area contributed by atoms with Crippen LogP contribution < -0.4 is 5.32 Å². The summed E-state index contributed by atoms with van der Waals surface area (Å²) in [5, 5.41) is 5.07. The second kappa shape index (κ2) is 5.50. The average molecular weight is 225 g/mol. The van der Waals surface area contributed by atoms with Crippen molar-refractivity contribution in [1.29, 1.82) is 0 Å². The lowest BCUT2D eigenvalue weighted by atomic mass is 10.1. The number of benzene rings is 1. The highest BCUT2D eigenvalue weighted by molar-refractivity contribution is 6.30. The van der Waals surface area contributed by atoms with Gasteiger partial charge in [-0.1, -0.05) is 23.7 Å². The first-order valence-electron chi connectivity index (χ1n) is 5.34. The van der Waals surface area contributed by atoms with Crippen LogP contribution in [0.3, 0.4) is 0 Å². The highest BCUT2D eigenvalue weighted by atomic mass is 35.5. The second-order valence-corrected chi connectivity index (χ2v) is 4.25. The van der Waals surface area contributed by atoms with E-state index in [0.29, 0.717) is 12.7 Å². The van der Waals surface area contributed by atoms with Crippen molar-refractivity contribution in [3.63, 3.8) is 0 Å². The van der Waals surface area contributed by atoms with Crippen molar-refractivity contribution >= 4 is 11.6 Å². The molecular formula is C12H15ClNO. The molecule has 15 heavy (non-hydrogen) atoms. The van der Waals surface area contributed by atoms with Gasteiger partial charge in [-0.05, 0) is 30.5 Å². The molecule has 0 amide bonds. The van der Waals surface area contributed by atoms with Gasteiger partial charge in [-0.2, -0.15) is 0 Å². The Kier molecular flexibility index (Phi) is 4.01. The lowest BCUT2D eigenvalue weighted by molar-refractivity contribution is 0.0207. The van der Waals surface area contributed by atoms with E-state index in [1.807, 2.05) is 24.3 Å². The SMILES string of the molecule is Clc1cccc(COC2CC[N]CC2)c1. The molecule has 1 radical (unpaired) electrons. The summed E-state index contributed by atoms with van der Waals surface area (Å²) < 4.78 is 5.81. The van der Waals surface area contributed by atoms with Gasteiger partial charge in [0.2, 0.25) is 0 Å². The van der Waals surface area contributed by atoms with Crippen molar-refractivity contribution in [2.75, 3.05) is 13.1 Å². The number of ether oxygens (including phenoxy) is 1. The average Bonchev–Trinajstić information content (AvgIpc) is 2.28. The van der Waals surface area contributed by atoms with Gasteiger partial charge < -0.3 is 4.74 Å². The molecule has 2 nitrogen and oxygen atoms in total. The predicted octanol–water partition coefficient (Wildman–Crippen LogP) is 2.62. The highest BCUT2D eigenvalue weighted by Gasteiger charge is 2.13. The summed E-state index contributed by atoms with van der Waals surface area (Å²) >= 11 is 5.90. The standard InChI is InChI=1S/C12H15ClNO/c13-11-3-1-2-10(8-11)9-15-12-4-6-14-7-5-12/h1-3,8,12H,4-7,9H2. The van der Waals surface area contributed by atoms with Crippen LogP contribution >= 0.6 is 11.6 Å². The summed E-state index contributed by atoms with van der Waals surface area (Å²) in [6.45, 7) is 2.55. The molecule has 0 unspecified atom stereocenters. The van der Waals surface area contributed by atoms with Gasteiger partial charge in [-0.15, -0.1) is 0 Å². The van der Waals surface area contributed by atoms with Crippen LogP contribution in [0.4, 0.5) is 0 Å². The fraction of sp³-hybridized carbons (Fsp3) is 0.500. The van der Waals surface area contributed by atoms with Gasteiger partial charge in [0.05, 0.1) is 12.7 Å². The number of halogens is 1. The molecule has 1 aliphatic heterocycles. The molecule has 0 spiro atoms. The molecule has 0 atom stereocenters. The monoisotopic (exact) mass is 224 g/mol. The zero-order valence-electron chi connectivity index (χ0n) is 8.66. The lowest BCUT2D eigenvalue weighted by Crippen LogP contribution is -2.28. The molecule has 1 heterocycles. The van der Waals surface area contributed by atoms with Gasteiger partial charge in [-0.3, -0.25) is 0 Å². The lowest BCUT2D eigenvalue weighted by Gasteiger charge is -2.21. The van der Waals surface area contributed by atoms with Crippen LogP contribution in [0.5, 0.6) is 0 Å². The second-order valence-electron chi connectivity index (χ2n) is 3.81. The van der Waals surface area contributed by atoms with Crippen LogP contribution in [0.15, 0.2) is 24.3 Å². The first-order chi connectivity index (χ1) is 7.34. The first kappa shape index (κ1) is 10.9. The molecule has 0 saturated carbocycles. The molecule has 81 valence electrons. The Morgan fingerprint density at radius 2 is 2.13 bits per heavy atom. The van der Waals surface area contributed by atoms with Crippen LogP contribution in [0.1, 0.15) is 18.4 Å². The van der Waals surface area contributed by atoms with Gasteiger partial charge in [0.15, 0.2) is 0 Å². The van der Waals surface area contributed by atoms with Crippen molar-refractivity contribution in [3.8, 4) is 0 Å². The minimum absolute atomic E-state index is 0.376. The summed E-state index contributed by atoms with van der Waals surface area (Å²) in [6, 6.07) is 7.83. The molecule has 1 aromatic carbocycles. The van der Waals surface area contributed by atoms with Crippen LogP contribution in [-0.4, -0.2) is 19.2 Å². The van der Waals surface area contributed by atoms with Crippen LogP contribution in [0.25, 0.3) is 0 Å². The molecule has 0 bridgehead atoms. The van der Waals surface area contributed by atoms with Crippen molar-refractivity contribution in [2.45, 2.75) is 25.6 Å². The Bertz CT molecular complexity index is 310. The van der Waals surface area contributed by atoms with E-state index in [9.17, 15) is 0 Å². The van der Waals surface area contributed by atoms with Crippen LogP contribution in [0.2, 0.25) is 5.02 Å². The van der Waals surface area contributed by atoms with Gasteiger partial charge in [0, 0.05) is 18.1 Å². The fourth-order valence-electron chi connectivity index (χ4n) is 1.73. The molecule has 0 aromatic heterocycles. The highest BCUT2D eigenvalue weighted by Crippen LogP contribution is 2.14. The Morgan fingerprint density at radius 3 is 2.87 bits per heavy atom. The van der Waals surface area contributed by atoms with E-state index in [4.69, 9.17) is 16.3 Å². The Hall–Kier alpha value is -0.570. The van der Waals surface area contributed by atoms with Crippen LogP contribution in [-0.2, 0) is 11.3 Å². The summed E-state index contributed by atoms with van der Waals surface area (Å²) in [5.41, 5.74) is 1.14. The predicted molar refractivity (Wildman–Crippen MR) is 61.1 cm³/mol. The van der Waals surface area contributed by atoms with Crippen LogP contribution in [0, 0.1) is 0 Å². The molecular weight excluding hydrogens is 210 g/mol. The molecule has 1 saturated heterocycles. The van der Waals surface area contributed by atoms with Gasteiger partial charge in [0.25, 0.3) is 0 Å². The quantitative estimate of drug-likeness (QED) is 0.774. The Morgan fingerprint density at radius 1 is 1.33 bits per heavy atom. The van der Waals surface area contributed by atoms with Crippen molar-refractivity contribution in [1.82, 2.24) is 5.32 Å². The summed E-state index contributed by atoms with van der Waals surface area (Å²) in [5.74, 6) is 0. The van der Waals surface area contributed by atoms with E-state index in [-0.39, 0.29) is 0 Å². The minimum atomic E-state index is 0.376. The zero-order valence-corrected chi connectivity index (χ0v) is 9.41. The van der Waals surface area contributed by atoms with E-state index in [1.165, 1.54) is 0 Å². The molecule has 1 aliphatic rings. The molecule has 1 aromatic rings. The van der Waals surface area contributed by atoms with Crippen molar-refractivity contribution < 1.29 is 4.74 Å². The molecule has 3 heteroatoms. The van der Waals surface area contributed by atoms with Crippen molar-refractivity contribution in [3.05, 3.63) is 34.9 Å². The third-order valence-corrected chi connectivity index (χ3v) is 2.83.